The van der Waals surface area contributed by atoms with E-state index in [4.69, 9.17) is 4.74 Å². The smallest absolute Gasteiger partial charge is 0.341 e. The normalized spacial score (nSPS) is 11.4. The van der Waals surface area contributed by atoms with Gasteiger partial charge in [0.05, 0.1) is 27.8 Å². The number of rotatable bonds is 3. The first-order valence-electron chi connectivity index (χ1n) is 7.99. The van der Waals surface area contributed by atoms with Crippen molar-refractivity contribution in [3.8, 4) is 17.1 Å². The fraction of sp³-hybridized carbons (Fsp3) is 0.111. The van der Waals surface area contributed by atoms with Crippen LogP contribution in [0.4, 0.5) is 0 Å². The lowest BCUT2D eigenvalue weighted by atomic mass is 10.3. The number of aromatic nitrogens is 3. The molecule has 1 N–H and O–H groups in total. The zero-order valence-corrected chi connectivity index (χ0v) is 18.7. The van der Waals surface area contributed by atoms with Crippen molar-refractivity contribution in [3.63, 3.8) is 0 Å². The quantitative estimate of drug-likeness (QED) is 0.400. The zero-order valence-electron chi connectivity index (χ0n) is 13.9. The van der Waals surface area contributed by atoms with E-state index >= 15 is 0 Å². The average molecular weight is 558 g/mol. The van der Waals surface area contributed by atoms with Gasteiger partial charge < -0.3 is 9.72 Å². The SMILES string of the molecule is CCOc1ccc(-n2c(=O)c3c[nH]c4c(Br)cc(Br)cc4n-3c2=O)cc1Br. The number of fused-ring (bicyclic) bond motifs is 3. The Labute approximate surface area is 178 Å². The maximum absolute atomic E-state index is 13.1. The Hall–Kier alpha value is -1.84. The highest BCUT2D eigenvalue weighted by Gasteiger charge is 2.22. The third-order valence-corrected chi connectivity index (χ3v) is 5.85. The molecule has 2 aliphatic heterocycles. The first kappa shape index (κ1) is 18.5. The highest BCUT2D eigenvalue weighted by Crippen LogP contribution is 2.29. The van der Waals surface area contributed by atoms with Crippen molar-refractivity contribution < 1.29 is 4.74 Å². The molecule has 0 saturated carbocycles. The Bertz CT molecular complexity index is 1270. The van der Waals surface area contributed by atoms with E-state index < -0.39 is 11.2 Å². The van der Waals surface area contributed by atoms with Crippen LogP contribution in [0.2, 0.25) is 0 Å². The summed E-state index contributed by atoms with van der Waals surface area (Å²) < 4.78 is 10.3. The minimum absolute atomic E-state index is 0.266. The maximum atomic E-state index is 13.1. The minimum Gasteiger partial charge on any atom is -0.493 e. The van der Waals surface area contributed by atoms with Crippen LogP contribution >= 0.6 is 47.8 Å². The first-order chi connectivity index (χ1) is 12.9. The Morgan fingerprint density at radius 3 is 2.52 bits per heavy atom. The van der Waals surface area contributed by atoms with Gasteiger partial charge in [-0.05, 0) is 69.1 Å². The van der Waals surface area contributed by atoms with E-state index in [2.05, 4.69) is 52.8 Å². The second kappa shape index (κ2) is 6.96. The predicted octanol–water partition coefficient (Wildman–Crippen LogP) is 4.59. The van der Waals surface area contributed by atoms with Gasteiger partial charge in [0, 0.05) is 15.1 Å². The zero-order chi connectivity index (χ0) is 19.3. The molecule has 0 atom stereocenters. The molecule has 0 aromatic heterocycles. The molecule has 0 radical (unpaired) electrons. The summed E-state index contributed by atoms with van der Waals surface area (Å²) in [5, 5.41) is 0. The van der Waals surface area contributed by atoms with E-state index in [1.165, 1.54) is 4.57 Å². The second-order valence-corrected chi connectivity index (χ2v) is 8.39. The lowest BCUT2D eigenvalue weighted by Crippen LogP contribution is -2.25. The summed E-state index contributed by atoms with van der Waals surface area (Å²) in [6.07, 6.45) is 1.55. The van der Waals surface area contributed by atoms with Gasteiger partial charge in [0.25, 0.3) is 5.56 Å². The standard InChI is InChI=1S/C18H12Br3N3O3/c1-2-27-15-4-3-10(7-11(15)20)23-17(25)14-8-22-16-12(21)5-9(19)6-13(16)24(14)18(23)26/h3-8,22H,2H2,1H3. The van der Waals surface area contributed by atoms with E-state index in [1.54, 1.807) is 30.5 Å². The third kappa shape index (κ3) is 2.97. The van der Waals surface area contributed by atoms with Crippen molar-refractivity contribution in [1.82, 2.24) is 14.1 Å². The summed E-state index contributed by atoms with van der Waals surface area (Å²) in [6, 6.07) is 8.78. The molecule has 0 bridgehead atoms. The van der Waals surface area contributed by atoms with Crippen LogP contribution in [0.5, 0.6) is 5.75 Å². The number of imidazole rings is 1. The number of nitrogens with zero attached hydrogens (tertiary/aromatic N) is 2. The summed E-state index contributed by atoms with van der Waals surface area (Å²) >= 11 is 10.3. The number of nitrogens with one attached hydrogen (secondary N) is 1. The van der Waals surface area contributed by atoms with Crippen LogP contribution in [-0.4, -0.2) is 20.7 Å². The molecule has 0 spiro atoms. The molecule has 0 amide bonds. The molecule has 0 unspecified atom stereocenters. The van der Waals surface area contributed by atoms with E-state index in [0.29, 0.717) is 28.0 Å². The van der Waals surface area contributed by atoms with Crippen molar-refractivity contribution in [2.45, 2.75) is 6.92 Å². The van der Waals surface area contributed by atoms with Gasteiger partial charge in [0.2, 0.25) is 0 Å². The van der Waals surface area contributed by atoms with Gasteiger partial charge in [-0.15, -0.1) is 0 Å². The van der Waals surface area contributed by atoms with Gasteiger partial charge in [0.1, 0.15) is 11.4 Å². The monoisotopic (exact) mass is 555 g/mol. The number of aromatic amines is 1. The average Bonchev–Trinajstić information content (AvgIpc) is 2.88. The van der Waals surface area contributed by atoms with Crippen molar-refractivity contribution in [2.24, 2.45) is 0 Å². The largest absolute Gasteiger partial charge is 0.493 e. The second-order valence-electron chi connectivity index (χ2n) is 5.76. The van der Waals surface area contributed by atoms with Gasteiger partial charge in [0.15, 0.2) is 0 Å². The first-order valence-corrected chi connectivity index (χ1v) is 10.4. The number of H-pyrrole nitrogens is 1. The van der Waals surface area contributed by atoms with Crippen LogP contribution in [0.25, 0.3) is 22.4 Å². The number of hydrogen-bond acceptors (Lipinski definition) is 3. The van der Waals surface area contributed by atoms with Crippen LogP contribution in [0.1, 0.15) is 6.92 Å². The molecule has 2 aromatic carbocycles. The van der Waals surface area contributed by atoms with E-state index in [1.807, 2.05) is 13.0 Å². The fourth-order valence-electron chi connectivity index (χ4n) is 3.01. The molecule has 6 nitrogen and oxygen atoms in total. The summed E-state index contributed by atoms with van der Waals surface area (Å²) in [6.45, 7) is 2.41. The van der Waals surface area contributed by atoms with Crippen LogP contribution in [0.15, 0.2) is 59.5 Å². The van der Waals surface area contributed by atoms with Gasteiger partial charge in [-0.2, -0.15) is 0 Å². The molecule has 0 aliphatic carbocycles. The van der Waals surface area contributed by atoms with Crippen LogP contribution in [0, 0.1) is 0 Å². The predicted molar refractivity (Wildman–Crippen MR) is 115 cm³/mol. The Kier molecular flexibility index (Phi) is 4.77. The van der Waals surface area contributed by atoms with Gasteiger partial charge in [-0.25, -0.2) is 9.36 Å². The molecule has 2 heterocycles. The van der Waals surface area contributed by atoms with Crippen molar-refractivity contribution in [1.29, 1.82) is 0 Å². The maximum Gasteiger partial charge on any atom is 0.341 e. The third-order valence-electron chi connectivity index (χ3n) is 4.15. The molecule has 9 heteroatoms. The van der Waals surface area contributed by atoms with Crippen molar-refractivity contribution in [3.05, 3.63) is 70.8 Å². The molecule has 138 valence electrons. The van der Waals surface area contributed by atoms with Crippen molar-refractivity contribution >= 4 is 58.8 Å². The van der Waals surface area contributed by atoms with E-state index in [-0.39, 0.29) is 5.69 Å². The molecule has 0 fully saturated rings. The molecular weight excluding hydrogens is 546 g/mol. The van der Waals surface area contributed by atoms with E-state index in [9.17, 15) is 9.59 Å². The molecule has 4 rings (SSSR count). The summed E-state index contributed by atoms with van der Waals surface area (Å²) in [4.78, 5) is 29.2. The molecule has 0 saturated heterocycles. The molecule has 2 aromatic rings. The van der Waals surface area contributed by atoms with Gasteiger partial charge >= 0.3 is 5.69 Å². The van der Waals surface area contributed by atoms with Crippen LogP contribution in [-0.2, 0) is 0 Å². The lowest BCUT2D eigenvalue weighted by Gasteiger charge is -2.08. The molecular formula is C18H12Br3N3O3. The summed E-state index contributed by atoms with van der Waals surface area (Å²) in [5.41, 5.74) is 1.21. The van der Waals surface area contributed by atoms with E-state index in [0.717, 1.165) is 19.0 Å². The highest BCUT2D eigenvalue weighted by molar-refractivity contribution is 9.11. The number of benzene rings is 2. The fourth-order valence-corrected chi connectivity index (χ4v) is 4.81. The van der Waals surface area contributed by atoms with Crippen molar-refractivity contribution in [2.75, 3.05) is 6.61 Å². The summed E-state index contributed by atoms with van der Waals surface area (Å²) in [5.74, 6) is 0.650. The lowest BCUT2D eigenvalue weighted by molar-refractivity contribution is 0.338. The minimum atomic E-state index is -0.435. The Morgan fingerprint density at radius 1 is 1.04 bits per heavy atom. The van der Waals surface area contributed by atoms with Gasteiger partial charge in [-0.1, -0.05) is 15.9 Å². The van der Waals surface area contributed by atoms with Crippen LogP contribution < -0.4 is 16.0 Å². The highest BCUT2D eigenvalue weighted by atomic mass is 79.9. The number of hydrogen-bond donors (Lipinski definition) is 1. The summed E-state index contributed by atoms with van der Waals surface area (Å²) in [7, 11) is 0. The number of ether oxygens (including phenoxy) is 1. The number of halogens is 3. The van der Waals surface area contributed by atoms with Gasteiger partial charge in [-0.3, -0.25) is 9.36 Å². The molecule has 27 heavy (non-hydrogen) atoms. The molecule has 2 aliphatic rings. The van der Waals surface area contributed by atoms with Crippen LogP contribution in [0.3, 0.4) is 0 Å². The Balaban J connectivity index is 2.05. The Morgan fingerprint density at radius 2 is 1.81 bits per heavy atom. The topological polar surface area (TPSA) is 69.0 Å².